The molecule has 1 N–H and O–H groups in total. The lowest BCUT2D eigenvalue weighted by atomic mass is 9.95. The maximum atomic E-state index is 13.4. The minimum Gasteiger partial charge on any atom is -0.507 e. The van der Waals surface area contributed by atoms with Gasteiger partial charge in [0.15, 0.2) is 0 Å². The van der Waals surface area contributed by atoms with Crippen LogP contribution in [0.15, 0.2) is 78.4 Å². The van der Waals surface area contributed by atoms with Crippen molar-refractivity contribution in [3.8, 4) is 0 Å². The van der Waals surface area contributed by atoms with Gasteiger partial charge in [-0.25, -0.2) is 4.39 Å². The Balaban J connectivity index is 1.96. The molecule has 1 amide bonds. The highest BCUT2D eigenvalue weighted by Gasteiger charge is 2.47. The Labute approximate surface area is 181 Å². The highest BCUT2D eigenvalue weighted by atomic mass is 35.5. The Kier molecular flexibility index (Phi) is 5.33. The zero-order valence-corrected chi connectivity index (χ0v) is 16.9. The Morgan fingerprint density at radius 2 is 1.53 bits per heavy atom. The Hall–Kier alpha value is -3.15. The zero-order valence-electron chi connectivity index (χ0n) is 15.4. The number of rotatable bonds is 3. The number of hydrogen-bond acceptors (Lipinski definition) is 3. The minimum absolute atomic E-state index is 0.111. The second-order valence-electron chi connectivity index (χ2n) is 6.67. The molecule has 1 atom stereocenters. The van der Waals surface area contributed by atoms with Gasteiger partial charge >= 0.3 is 0 Å². The van der Waals surface area contributed by atoms with Crippen molar-refractivity contribution >= 4 is 46.3 Å². The van der Waals surface area contributed by atoms with Crippen LogP contribution in [0.5, 0.6) is 0 Å². The van der Waals surface area contributed by atoms with Crippen molar-refractivity contribution in [1.82, 2.24) is 0 Å². The van der Waals surface area contributed by atoms with Gasteiger partial charge in [-0.15, -0.1) is 0 Å². The smallest absolute Gasteiger partial charge is 0.300 e. The average molecular weight is 442 g/mol. The van der Waals surface area contributed by atoms with Gasteiger partial charge in [0.2, 0.25) is 0 Å². The van der Waals surface area contributed by atoms with Crippen LogP contribution < -0.4 is 4.90 Å². The second-order valence-corrected chi connectivity index (χ2v) is 7.52. The van der Waals surface area contributed by atoms with Gasteiger partial charge < -0.3 is 5.11 Å². The number of ketones is 1. The monoisotopic (exact) mass is 441 g/mol. The summed E-state index contributed by atoms with van der Waals surface area (Å²) in [6, 6.07) is 17.2. The number of carbonyl (C=O) groups excluding carboxylic acids is 2. The number of carbonyl (C=O) groups is 2. The number of aliphatic hydroxyl groups excluding tert-OH is 1. The molecule has 0 saturated carbocycles. The molecule has 0 aliphatic carbocycles. The van der Waals surface area contributed by atoms with E-state index in [1.54, 1.807) is 48.5 Å². The lowest BCUT2D eigenvalue weighted by molar-refractivity contribution is -0.132. The van der Waals surface area contributed by atoms with Crippen molar-refractivity contribution in [3.05, 3.63) is 105 Å². The summed E-state index contributed by atoms with van der Waals surface area (Å²) in [5.74, 6) is -2.54. The molecule has 150 valence electrons. The third-order valence-electron chi connectivity index (χ3n) is 4.87. The molecular formula is C23H14Cl2FNO3. The van der Waals surface area contributed by atoms with Crippen molar-refractivity contribution in [2.75, 3.05) is 4.90 Å². The van der Waals surface area contributed by atoms with Crippen LogP contribution in [-0.2, 0) is 9.59 Å². The molecule has 4 rings (SSSR count). The predicted molar refractivity (Wildman–Crippen MR) is 114 cm³/mol. The highest BCUT2D eigenvalue weighted by molar-refractivity contribution is 6.52. The Morgan fingerprint density at radius 1 is 0.900 bits per heavy atom. The number of anilines is 1. The molecule has 0 aromatic heterocycles. The molecule has 1 aliphatic rings. The first-order chi connectivity index (χ1) is 14.4. The van der Waals surface area contributed by atoms with E-state index in [1.807, 2.05) is 0 Å². The van der Waals surface area contributed by atoms with Crippen molar-refractivity contribution in [2.45, 2.75) is 6.04 Å². The van der Waals surface area contributed by atoms with E-state index in [4.69, 9.17) is 23.2 Å². The van der Waals surface area contributed by atoms with Crippen LogP contribution in [0.1, 0.15) is 17.2 Å². The van der Waals surface area contributed by atoms with Gasteiger partial charge in [-0.2, -0.15) is 0 Å². The number of hydrogen-bond donors (Lipinski definition) is 1. The van der Waals surface area contributed by atoms with Crippen LogP contribution in [0.4, 0.5) is 10.1 Å². The second kappa shape index (κ2) is 7.94. The van der Waals surface area contributed by atoms with Crippen LogP contribution in [0.3, 0.4) is 0 Å². The van der Waals surface area contributed by atoms with Crippen LogP contribution >= 0.6 is 23.2 Å². The van der Waals surface area contributed by atoms with Gasteiger partial charge in [0.1, 0.15) is 11.6 Å². The third kappa shape index (κ3) is 3.47. The average Bonchev–Trinajstić information content (AvgIpc) is 3.00. The maximum absolute atomic E-state index is 13.4. The Bertz CT molecular complexity index is 1170. The fourth-order valence-corrected chi connectivity index (χ4v) is 3.82. The summed E-state index contributed by atoms with van der Waals surface area (Å²) in [6.45, 7) is 0. The van der Waals surface area contributed by atoms with Crippen molar-refractivity contribution in [1.29, 1.82) is 0 Å². The SMILES string of the molecule is O=C1C(=O)N(c2ccc(F)cc2)C(c2ccccc2Cl)C1=C(O)c1ccc(Cl)cc1. The number of halogens is 3. The zero-order chi connectivity index (χ0) is 21.4. The number of benzene rings is 3. The number of Topliss-reactive ketones (excluding diaryl/α,β-unsaturated/α-hetero) is 1. The van der Waals surface area contributed by atoms with Gasteiger partial charge in [0, 0.05) is 21.3 Å². The molecule has 3 aromatic carbocycles. The van der Waals surface area contributed by atoms with Gasteiger partial charge in [-0.05, 0) is 60.2 Å². The molecule has 4 nitrogen and oxygen atoms in total. The first kappa shape index (κ1) is 20.1. The van der Waals surface area contributed by atoms with E-state index in [0.717, 1.165) is 0 Å². The summed E-state index contributed by atoms with van der Waals surface area (Å²) in [7, 11) is 0. The van der Waals surface area contributed by atoms with Gasteiger partial charge in [-0.3, -0.25) is 14.5 Å². The molecule has 0 radical (unpaired) electrons. The molecular weight excluding hydrogens is 428 g/mol. The number of amides is 1. The summed E-state index contributed by atoms with van der Waals surface area (Å²) < 4.78 is 13.4. The quantitative estimate of drug-likeness (QED) is 0.319. The van der Waals surface area contributed by atoms with Gasteiger partial charge in [-0.1, -0.05) is 41.4 Å². The summed E-state index contributed by atoms with van der Waals surface area (Å²) in [5.41, 5.74) is 0.977. The fraction of sp³-hybridized carbons (Fsp3) is 0.0435. The lowest BCUT2D eigenvalue weighted by Gasteiger charge is -2.26. The summed E-state index contributed by atoms with van der Waals surface area (Å²) in [5, 5.41) is 11.7. The summed E-state index contributed by atoms with van der Waals surface area (Å²) >= 11 is 12.3. The first-order valence-corrected chi connectivity index (χ1v) is 9.71. The van der Waals surface area contributed by atoms with E-state index < -0.39 is 23.5 Å². The largest absolute Gasteiger partial charge is 0.507 e. The van der Waals surface area contributed by atoms with Crippen LogP contribution in [0, 0.1) is 5.82 Å². The van der Waals surface area contributed by atoms with Gasteiger partial charge in [0.25, 0.3) is 11.7 Å². The van der Waals surface area contributed by atoms with Crippen LogP contribution in [0.25, 0.3) is 5.76 Å². The molecule has 1 saturated heterocycles. The van der Waals surface area contributed by atoms with E-state index in [-0.39, 0.29) is 11.3 Å². The Morgan fingerprint density at radius 3 is 2.17 bits per heavy atom. The molecule has 1 heterocycles. The third-order valence-corrected chi connectivity index (χ3v) is 5.46. The number of aliphatic hydroxyl groups is 1. The topological polar surface area (TPSA) is 57.6 Å². The predicted octanol–water partition coefficient (Wildman–Crippen LogP) is 5.76. The van der Waals surface area contributed by atoms with E-state index in [2.05, 4.69) is 0 Å². The fourth-order valence-electron chi connectivity index (χ4n) is 3.45. The summed E-state index contributed by atoms with van der Waals surface area (Å²) in [6.07, 6.45) is 0. The molecule has 0 bridgehead atoms. The molecule has 1 unspecified atom stereocenters. The normalized spacial score (nSPS) is 18.1. The molecule has 7 heteroatoms. The van der Waals surface area contributed by atoms with E-state index in [9.17, 15) is 19.1 Å². The van der Waals surface area contributed by atoms with Crippen molar-refractivity contribution in [2.24, 2.45) is 0 Å². The first-order valence-electron chi connectivity index (χ1n) is 8.95. The molecule has 0 spiro atoms. The van der Waals surface area contributed by atoms with E-state index in [1.165, 1.54) is 29.2 Å². The maximum Gasteiger partial charge on any atom is 0.300 e. The van der Waals surface area contributed by atoms with Crippen molar-refractivity contribution in [3.63, 3.8) is 0 Å². The lowest BCUT2D eigenvalue weighted by Crippen LogP contribution is -2.29. The van der Waals surface area contributed by atoms with Crippen LogP contribution in [-0.4, -0.2) is 16.8 Å². The standard InChI is InChI=1S/C23H14Cl2FNO3/c24-14-7-5-13(6-8-14)21(28)19-20(17-3-1-2-4-18(17)25)27(23(30)22(19)29)16-11-9-15(26)10-12-16/h1-12,20,28H. The number of nitrogens with zero attached hydrogens (tertiary/aromatic N) is 1. The summed E-state index contributed by atoms with van der Waals surface area (Å²) in [4.78, 5) is 27.2. The highest BCUT2D eigenvalue weighted by Crippen LogP contribution is 2.44. The molecule has 3 aromatic rings. The van der Waals surface area contributed by atoms with E-state index >= 15 is 0 Å². The van der Waals surface area contributed by atoms with E-state index in [0.29, 0.717) is 26.9 Å². The van der Waals surface area contributed by atoms with Gasteiger partial charge in [0.05, 0.1) is 11.6 Å². The van der Waals surface area contributed by atoms with Crippen molar-refractivity contribution < 1.29 is 19.1 Å². The molecule has 1 fully saturated rings. The molecule has 30 heavy (non-hydrogen) atoms. The molecule has 1 aliphatic heterocycles. The van der Waals surface area contributed by atoms with Crippen LogP contribution in [0.2, 0.25) is 10.0 Å². The minimum atomic E-state index is -0.986.